The lowest BCUT2D eigenvalue weighted by Crippen LogP contribution is -2.26. The molecule has 4 aromatic rings. The van der Waals surface area contributed by atoms with Crippen molar-refractivity contribution in [2.75, 3.05) is 24.2 Å². The number of nitrogens with zero attached hydrogens (tertiary/aromatic N) is 2. The fourth-order valence-electron chi connectivity index (χ4n) is 3.26. The van der Waals surface area contributed by atoms with Gasteiger partial charge in [0.25, 0.3) is 5.91 Å². The number of nitrogens with one attached hydrogen (secondary N) is 2. The number of amides is 1. The van der Waals surface area contributed by atoms with Crippen LogP contribution < -0.4 is 16.4 Å². The summed E-state index contributed by atoms with van der Waals surface area (Å²) in [5.74, 6) is 0.382. The van der Waals surface area contributed by atoms with Crippen molar-refractivity contribution in [2.45, 2.75) is 6.54 Å². The van der Waals surface area contributed by atoms with E-state index < -0.39 is 0 Å². The van der Waals surface area contributed by atoms with E-state index in [0.29, 0.717) is 23.6 Å². The van der Waals surface area contributed by atoms with Crippen LogP contribution in [-0.4, -0.2) is 34.1 Å². The summed E-state index contributed by atoms with van der Waals surface area (Å²) in [6.45, 7) is 0.712. The predicted molar refractivity (Wildman–Crippen MR) is 123 cm³/mol. The zero-order valence-electron chi connectivity index (χ0n) is 16.9. The zero-order chi connectivity index (χ0) is 21.6. The number of pyridine rings is 2. The highest BCUT2D eigenvalue weighted by Gasteiger charge is 2.08. The predicted octanol–water partition coefficient (Wildman–Crippen LogP) is 3.21. The number of carbonyl (C=O) groups excluding carboxylic acids is 1. The van der Waals surface area contributed by atoms with Gasteiger partial charge in [-0.3, -0.25) is 9.78 Å². The van der Waals surface area contributed by atoms with Crippen LogP contribution in [0.3, 0.4) is 0 Å². The molecule has 0 aliphatic rings. The van der Waals surface area contributed by atoms with Gasteiger partial charge in [-0.2, -0.15) is 0 Å². The summed E-state index contributed by atoms with van der Waals surface area (Å²) in [4.78, 5) is 21.0. The average Bonchev–Trinajstić information content (AvgIpc) is 2.82. The molecule has 0 fully saturated rings. The molecular formula is C24H23N5O2. The smallest absolute Gasteiger partial charge is 0.251 e. The van der Waals surface area contributed by atoms with Crippen LogP contribution in [0, 0.1) is 0 Å². The third kappa shape index (κ3) is 4.79. The van der Waals surface area contributed by atoms with Gasteiger partial charge in [0, 0.05) is 35.8 Å². The molecule has 0 aliphatic heterocycles. The molecule has 7 heteroatoms. The number of benzene rings is 2. The lowest BCUT2D eigenvalue weighted by Gasteiger charge is -2.11. The molecule has 5 N–H and O–H groups in total. The first-order valence-electron chi connectivity index (χ1n) is 9.97. The lowest BCUT2D eigenvalue weighted by atomic mass is 10.1. The van der Waals surface area contributed by atoms with Crippen LogP contribution in [0.5, 0.6) is 0 Å². The molecule has 2 aromatic carbocycles. The molecule has 0 atom stereocenters. The minimum Gasteiger partial charge on any atom is -0.396 e. The molecule has 2 aromatic heterocycles. The van der Waals surface area contributed by atoms with Gasteiger partial charge in [-0.25, -0.2) is 4.98 Å². The van der Waals surface area contributed by atoms with Crippen LogP contribution in [0.1, 0.15) is 15.9 Å². The quantitative estimate of drug-likeness (QED) is 0.370. The lowest BCUT2D eigenvalue weighted by molar-refractivity contribution is 0.0945. The number of nitrogens with two attached hydrogens (primary N) is 1. The summed E-state index contributed by atoms with van der Waals surface area (Å²) in [7, 11) is 0. The monoisotopic (exact) mass is 413 g/mol. The Morgan fingerprint density at radius 2 is 1.87 bits per heavy atom. The minimum atomic E-state index is -0.223. The van der Waals surface area contributed by atoms with Crippen LogP contribution >= 0.6 is 0 Å². The molecule has 0 spiro atoms. The molecule has 4 rings (SSSR count). The summed E-state index contributed by atoms with van der Waals surface area (Å²) in [5, 5.41) is 15.9. The van der Waals surface area contributed by atoms with E-state index in [9.17, 15) is 4.79 Å². The third-order valence-corrected chi connectivity index (χ3v) is 4.89. The number of hydrogen-bond acceptors (Lipinski definition) is 6. The summed E-state index contributed by atoms with van der Waals surface area (Å²) < 4.78 is 0. The van der Waals surface area contributed by atoms with Gasteiger partial charge in [0.2, 0.25) is 0 Å². The van der Waals surface area contributed by atoms with Crippen molar-refractivity contribution >= 4 is 28.3 Å². The highest BCUT2D eigenvalue weighted by molar-refractivity contribution is 5.94. The van der Waals surface area contributed by atoms with Gasteiger partial charge in [-0.05, 0) is 48.0 Å². The summed E-state index contributed by atoms with van der Waals surface area (Å²) in [6, 6.07) is 20.9. The van der Waals surface area contributed by atoms with Crippen molar-refractivity contribution in [1.29, 1.82) is 0 Å². The van der Waals surface area contributed by atoms with Crippen LogP contribution in [0.2, 0.25) is 0 Å². The van der Waals surface area contributed by atoms with Gasteiger partial charge in [0.15, 0.2) is 0 Å². The Bertz CT molecular complexity index is 1210. The van der Waals surface area contributed by atoms with Gasteiger partial charge < -0.3 is 21.5 Å². The number of anilines is 2. The topological polar surface area (TPSA) is 113 Å². The van der Waals surface area contributed by atoms with Gasteiger partial charge >= 0.3 is 0 Å². The fraction of sp³-hybridized carbons (Fsp3) is 0.125. The number of aliphatic hydroxyl groups excluding tert-OH is 1. The summed E-state index contributed by atoms with van der Waals surface area (Å²) in [5.41, 5.74) is 10.9. The van der Waals surface area contributed by atoms with Gasteiger partial charge in [-0.1, -0.05) is 24.3 Å². The highest BCUT2D eigenvalue weighted by atomic mass is 16.3. The van der Waals surface area contributed by atoms with E-state index in [2.05, 4.69) is 26.7 Å². The number of aromatic nitrogens is 2. The van der Waals surface area contributed by atoms with E-state index in [1.807, 2.05) is 48.5 Å². The maximum atomic E-state index is 12.0. The fourth-order valence-corrected chi connectivity index (χ4v) is 3.26. The van der Waals surface area contributed by atoms with Gasteiger partial charge in [0.1, 0.15) is 5.82 Å². The Balaban J connectivity index is 1.49. The first-order chi connectivity index (χ1) is 15.1. The van der Waals surface area contributed by atoms with Crippen LogP contribution in [0.15, 0.2) is 72.9 Å². The van der Waals surface area contributed by atoms with Gasteiger partial charge in [-0.15, -0.1) is 0 Å². The Morgan fingerprint density at radius 1 is 1.03 bits per heavy atom. The molecule has 0 radical (unpaired) electrons. The standard InChI is InChI=1S/C24H23N5O2/c25-20-8-10-22(17-4-6-18(7-5-17)24(31)27-12-13-30)29-23(20)28-15-16-3-9-21-19(14-16)2-1-11-26-21/h1-11,14,30H,12-13,15,25H2,(H,27,31)(H,28,29). The molecule has 0 bridgehead atoms. The molecule has 156 valence electrons. The molecule has 7 nitrogen and oxygen atoms in total. The molecule has 0 unspecified atom stereocenters. The first kappa shape index (κ1) is 20.3. The van der Waals surface area contributed by atoms with Crippen LogP contribution in [0.25, 0.3) is 22.2 Å². The van der Waals surface area contributed by atoms with Crippen molar-refractivity contribution in [3.05, 3.63) is 84.1 Å². The second-order valence-electron chi connectivity index (χ2n) is 7.08. The number of carbonyl (C=O) groups is 1. The number of rotatable bonds is 7. The van der Waals surface area contributed by atoms with Crippen molar-refractivity contribution in [3.8, 4) is 11.3 Å². The van der Waals surface area contributed by atoms with Gasteiger partial charge in [0.05, 0.1) is 23.5 Å². The maximum Gasteiger partial charge on any atom is 0.251 e. The van der Waals surface area contributed by atoms with Crippen molar-refractivity contribution in [1.82, 2.24) is 15.3 Å². The Kier molecular flexibility index (Phi) is 6.05. The molecule has 0 saturated carbocycles. The largest absolute Gasteiger partial charge is 0.396 e. The van der Waals surface area contributed by atoms with E-state index in [1.54, 1.807) is 18.3 Å². The van der Waals surface area contributed by atoms with Crippen LogP contribution in [0.4, 0.5) is 11.5 Å². The molecule has 1 amide bonds. The van der Waals surface area contributed by atoms with E-state index in [-0.39, 0.29) is 19.1 Å². The second kappa shape index (κ2) is 9.23. The zero-order valence-corrected chi connectivity index (χ0v) is 16.9. The van der Waals surface area contributed by atoms with E-state index >= 15 is 0 Å². The SMILES string of the molecule is Nc1ccc(-c2ccc(C(=O)NCCO)cc2)nc1NCc1ccc2ncccc2c1. The number of aliphatic hydroxyl groups is 1. The Hall–Kier alpha value is -3.97. The summed E-state index contributed by atoms with van der Waals surface area (Å²) in [6.07, 6.45) is 1.78. The molecule has 0 aliphatic carbocycles. The average molecular weight is 413 g/mol. The number of hydrogen-bond donors (Lipinski definition) is 4. The highest BCUT2D eigenvalue weighted by Crippen LogP contribution is 2.24. The van der Waals surface area contributed by atoms with Crippen LogP contribution in [-0.2, 0) is 6.54 Å². The Labute approximate surface area is 180 Å². The Morgan fingerprint density at radius 3 is 2.68 bits per heavy atom. The van der Waals surface area contributed by atoms with Crippen molar-refractivity contribution in [2.24, 2.45) is 0 Å². The maximum absolute atomic E-state index is 12.0. The molecule has 31 heavy (non-hydrogen) atoms. The molecule has 0 saturated heterocycles. The van der Waals surface area contributed by atoms with Crippen molar-refractivity contribution in [3.63, 3.8) is 0 Å². The summed E-state index contributed by atoms with van der Waals surface area (Å²) >= 11 is 0. The van der Waals surface area contributed by atoms with E-state index in [4.69, 9.17) is 10.8 Å². The first-order valence-corrected chi connectivity index (χ1v) is 9.97. The minimum absolute atomic E-state index is 0.0922. The number of nitrogen functional groups attached to an aromatic ring is 1. The van der Waals surface area contributed by atoms with Crippen molar-refractivity contribution < 1.29 is 9.90 Å². The normalized spacial score (nSPS) is 10.7. The molecule has 2 heterocycles. The van der Waals surface area contributed by atoms with E-state index in [0.717, 1.165) is 27.7 Å². The third-order valence-electron chi connectivity index (χ3n) is 4.89. The van der Waals surface area contributed by atoms with E-state index in [1.165, 1.54) is 0 Å². The molecular weight excluding hydrogens is 390 g/mol. The number of fused-ring (bicyclic) bond motifs is 1. The second-order valence-corrected chi connectivity index (χ2v) is 7.08.